The zero-order valence-corrected chi connectivity index (χ0v) is 9.30. The molecule has 0 fully saturated rings. The van der Waals surface area contributed by atoms with Crippen LogP contribution in [0.1, 0.15) is 5.56 Å². The Balaban J connectivity index is 2.68. The van der Waals surface area contributed by atoms with Crippen molar-refractivity contribution in [1.29, 1.82) is 0 Å². The van der Waals surface area contributed by atoms with E-state index in [2.05, 4.69) is 15.9 Å². The Kier molecular flexibility index (Phi) is 4.22. The maximum Gasteiger partial charge on any atom is 0.162 e. The van der Waals surface area contributed by atoms with Gasteiger partial charge >= 0.3 is 0 Å². The molecule has 0 heterocycles. The lowest BCUT2D eigenvalue weighted by molar-refractivity contribution is -0.121. The molecule has 0 aliphatic carbocycles. The van der Waals surface area contributed by atoms with Gasteiger partial charge in [-0.1, -0.05) is 6.07 Å². The molecule has 0 atom stereocenters. The van der Waals surface area contributed by atoms with Gasteiger partial charge < -0.3 is 4.74 Å². The predicted molar refractivity (Wildman–Crippen MR) is 54.7 cm³/mol. The van der Waals surface area contributed by atoms with Gasteiger partial charge in [-0.2, -0.15) is 0 Å². The monoisotopic (exact) mass is 260 g/mol. The van der Waals surface area contributed by atoms with Crippen LogP contribution in [0.3, 0.4) is 0 Å². The van der Waals surface area contributed by atoms with Gasteiger partial charge in [-0.25, -0.2) is 4.39 Å². The van der Waals surface area contributed by atoms with Gasteiger partial charge in [0.1, 0.15) is 12.4 Å². The first-order valence-corrected chi connectivity index (χ1v) is 4.87. The van der Waals surface area contributed by atoms with Crippen LogP contribution >= 0.6 is 15.9 Å². The first kappa shape index (κ1) is 11.3. The fourth-order valence-electron chi connectivity index (χ4n) is 1.09. The van der Waals surface area contributed by atoms with Crippen molar-refractivity contribution in [1.82, 2.24) is 0 Å². The zero-order valence-electron chi connectivity index (χ0n) is 7.72. The molecule has 0 amide bonds. The molecule has 0 radical (unpaired) electrons. The Morgan fingerprint density at radius 1 is 1.57 bits per heavy atom. The van der Waals surface area contributed by atoms with Crippen LogP contribution in [-0.2, 0) is 16.0 Å². The van der Waals surface area contributed by atoms with Gasteiger partial charge in [0.25, 0.3) is 0 Å². The van der Waals surface area contributed by atoms with Crippen molar-refractivity contribution in [2.75, 3.05) is 13.7 Å². The summed E-state index contributed by atoms with van der Waals surface area (Å²) in [5, 5.41) is 0. The molecule has 14 heavy (non-hydrogen) atoms. The standard InChI is InChI=1S/C10H10BrFO2/c1-14-6-8(13)4-7-2-3-10(12)9(11)5-7/h2-3,5H,4,6H2,1H3. The van der Waals surface area contributed by atoms with E-state index in [1.165, 1.54) is 13.2 Å². The molecule has 1 aromatic rings. The second kappa shape index (κ2) is 5.22. The third-order valence-corrected chi connectivity index (χ3v) is 2.30. The zero-order chi connectivity index (χ0) is 10.6. The largest absolute Gasteiger partial charge is 0.377 e. The fraction of sp³-hybridized carbons (Fsp3) is 0.300. The summed E-state index contributed by atoms with van der Waals surface area (Å²) in [6.45, 7) is 0.0923. The van der Waals surface area contributed by atoms with E-state index in [-0.39, 0.29) is 24.6 Å². The average molecular weight is 261 g/mol. The highest BCUT2D eigenvalue weighted by Gasteiger charge is 2.05. The minimum absolute atomic E-state index is 0.0222. The Hall–Kier alpha value is -0.740. The molecule has 1 rings (SSSR count). The number of rotatable bonds is 4. The second-order valence-corrected chi connectivity index (χ2v) is 3.75. The molecule has 76 valence electrons. The molecule has 2 nitrogen and oxygen atoms in total. The van der Waals surface area contributed by atoms with E-state index in [4.69, 9.17) is 4.74 Å². The quantitative estimate of drug-likeness (QED) is 0.831. The number of carbonyl (C=O) groups is 1. The molecule has 4 heteroatoms. The second-order valence-electron chi connectivity index (χ2n) is 2.90. The van der Waals surface area contributed by atoms with Crippen LogP contribution in [0.2, 0.25) is 0 Å². The van der Waals surface area contributed by atoms with Gasteiger partial charge in [0, 0.05) is 13.5 Å². The van der Waals surface area contributed by atoms with Crippen molar-refractivity contribution < 1.29 is 13.9 Å². The lowest BCUT2D eigenvalue weighted by Crippen LogP contribution is -2.09. The highest BCUT2D eigenvalue weighted by Crippen LogP contribution is 2.17. The summed E-state index contributed by atoms with van der Waals surface area (Å²) in [6.07, 6.45) is 0.271. The van der Waals surface area contributed by atoms with Crippen molar-refractivity contribution in [3.8, 4) is 0 Å². The van der Waals surface area contributed by atoms with Gasteiger partial charge in [-0.05, 0) is 33.6 Å². The molecule has 0 saturated heterocycles. The summed E-state index contributed by atoms with van der Waals surface area (Å²) in [5.41, 5.74) is 0.778. The van der Waals surface area contributed by atoms with E-state index in [0.717, 1.165) is 5.56 Å². The lowest BCUT2D eigenvalue weighted by Gasteiger charge is -2.01. The van der Waals surface area contributed by atoms with Crippen molar-refractivity contribution in [3.05, 3.63) is 34.1 Å². The Morgan fingerprint density at radius 2 is 2.29 bits per heavy atom. The lowest BCUT2D eigenvalue weighted by atomic mass is 10.1. The van der Waals surface area contributed by atoms with Crippen molar-refractivity contribution >= 4 is 21.7 Å². The molecule has 0 aromatic heterocycles. The Bertz CT molecular complexity index is 339. The van der Waals surface area contributed by atoms with Crippen molar-refractivity contribution in [2.45, 2.75) is 6.42 Å². The van der Waals surface area contributed by atoms with E-state index in [1.54, 1.807) is 12.1 Å². The Labute approximate surface area is 90.2 Å². The average Bonchev–Trinajstić information content (AvgIpc) is 2.12. The number of Topliss-reactive ketones (excluding diaryl/α,β-unsaturated/α-hetero) is 1. The first-order valence-electron chi connectivity index (χ1n) is 4.08. The Morgan fingerprint density at radius 3 is 2.86 bits per heavy atom. The normalized spacial score (nSPS) is 10.2. The van der Waals surface area contributed by atoms with Crippen LogP contribution in [-0.4, -0.2) is 19.5 Å². The molecule has 0 bridgehead atoms. The van der Waals surface area contributed by atoms with E-state index < -0.39 is 0 Å². The highest BCUT2D eigenvalue weighted by atomic mass is 79.9. The van der Waals surface area contributed by atoms with Crippen LogP contribution in [0.4, 0.5) is 4.39 Å². The van der Waals surface area contributed by atoms with Crippen molar-refractivity contribution in [3.63, 3.8) is 0 Å². The van der Waals surface area contributed by atoms with Gasteiger partial charge in [0.2, 0.25) is 0 Å². The minimum Gasteiger partial charge on any atom is -0.377 e. The van der Waals surface area contributed by atoms with E-state index in [9.17, 15) is 9.18 Å². The van der Waals surface area contributed by atoms with Gasteiger partial charge in [-0.3, -0.25) is 4.79 Å². The summed E-state index contributed by atoms with van der Waals surface area (Å²) in [6, 6.07) is 4.52. The number of benzene rings is 1. The smallest absolute Gasteiger partial charge is 0.162 e. The molecule has 0 aliphatic rings. The summed E-state index contributed by atoms with van der Waals surface area (Å²) < 4.78 is 17.9. The third-order valence-electron chi connectivity index (χ3n) is 1.69. The van der Waals surface area contributed by atoms with Crippen molar-refractivity contribution in [2.24, 2.45) is 0 Å². The molecular formula is C10H10BrFO2. The highest BCUT2D eigenvalue weighted by molar-refractivity contribution is 9.10. The third kappa shape index (κ3) is 3.20. The van der Waals surface area contributed by atoms with Crippen LogP contribution in [0, 0.1) is 5.82 Å². The number of carbonyl (C=O) groups excluding carboxylic acids is 1. The number of hydrogen-bond acceptors (Lipinski definition) is 2. The van der Waals surface area contributed by atoms with Gasteiger partial charge in [0.05, 0.1) is 4.47 Å². The molecule has 1 aromatic carbocycles. The summed E-state index contributed by atoms with van der Waals surface area (Å²) in [4.78, 5) is 11.2. The van der Waals surface area contributed by atoms with Crippen LogP contribution in [0.5, 0.6) is 0 Å². The van der Waals surface area contributed by atoms with Gasteiger partial charge in [0.15, 0.2) is 5.78 Å². The van der Waals surface area contributed by atoms with E-state index in [1.807, 2.05) is 0 Å². The first-order chi connectivity index (χ1) is 6.63. The van der Waals surface area contributed by atoms with Crippen LogP contribution < -0.4 is 0 Å². The number of hydrogen-bond donors (Lipinski definition) is 0. The molecular weight excluding hydrogens is 251 g/mol. The predicted octanol–water partition coefficient (Wildman–Crippen LogP) is 2.35. The van der Waals surface area contributed by atoms with Crippen LogP contribution in [0.25, 0.3) is 0 Å². The molecule has 0 spiro atoms. The minimum atomic E-state index is -0.326. The van der Waals surface area contributed by atoms with Crippen LogP contribution in [0.15, 0.2) is 22.7 Å². The topological polar surface area (TPSA) is 26.3 Å². The summed E-state index contributed by atoms with van der Waals surface area (Å²) in [5.74, 6) is -0.348. The molecule has 0 aliphatic heterocycles. The molecule has 0 saturated carbocycles. The summed E-state index contributed by atoms with van der Waals surface area (Å²) in [7, 11) is 1.47. The van der Waals surface area contributed by atoms with E-state index >= 15 is 0 Å². The molecule has 0 unspecified atom stereocenters. The molecule has 0 N–H and O–H groups in total. The summed E-state index contributed by atoms with van der Waals surface area (Å²) >= 11 is 3.06. The number of ketones is 1. The number of methoxy groups -OCH3 is 1. The maximum atomic E-state index is 12.8. The SMILES string of the molecule is COCC(=O)Cc1ccc(F)c(Br)c1. The maximum absolute atomic E-state index is 12.8. The van der Waals surface area contributed by atoms with Gasteiger partial charge in [-0.15, -0.1) is 0 Å². The number of ether oxygens (including phenoxy) is 1. The van der Waals surface area contributed by atoms with E-state index in [0.29, 0.717) is 4.47 Å². The fourth-order valence-corrected chi connectivity index (χ4v) is 1.52. The number of halogens is 2.